The molecule has 0 atom stereocenters. The van der Waals surface area contributed by atoms with Gasteiger partial charge in [0.1, 0.15) is 4.90 Å². The van der Waals surface area contributed by atoms with Gasteiger partial charge in [-0.05, 0) is 43.9 Å². The molecular formula is C17H26N4O2S. The van der Waals surface area contributed by atoms with Crippen molar-refractivity contribution in [3.05, 3.63) is 41.2 Å². The van der Waals surface area contributed by atoms with Gasteiger partial charge in [0.05, 0.1) is 11.4 Å². The lowest BCUT2D eigenvalue weighted by Crippen LogP contribution is -2.27. The molecule has 0 radical (unpaired) electrons. The predicted molar refractivity (Wildman–Crippen MR) is 96.3 cm³/mol. The van der Waals surface area contributed by atoms with Gasteiger partial charge in [0.15, 0.2) is 0 Å². The van der Waals surface area contributed by atoms with Gasteiger partial charge in [-0.25, -0.2) is 13.1 Å². The van der Waals surface area contributed by atoms with E-state index in [1.54, 1.807) is 18.5 Å². The molecule has 0 aliphatic rings. The minimum Gasteiger partial charge on any atom is -0.399 e. The summed E-state index contributed by atoms with van der Waals surface area (Å²) in [4.78, 5) is 0.292. The number of benzene rings is 1. The molecule has 6 nitrogen and oxygen atoms in total. The van der Waals surface area contributed by atoms with E-state index in [0.29, 0.717) is 47.4 Å². The van der Waals surface area contributed by atoms with Crippen LogP contribution in [0, 0.1) is 19.8 Å². The number of anilines is 1. The van der Waals surface area contributed by atoms with E-state index in [1.807, 2.05) is 24.3 Å². The van der Waals surface area contributed by atoms with Crippen LogP contribution in [0.5, 0.6) is 0 Å². The summed E-state index contributed by atoms with van der Waals surface area (Å²) in [7, 11) is -3.57. The van der Waals surface area contributed by atoms with E-state index in [1.165, 1.54) is 0 Å². The summed E-state index contributed by atoms with van der Waals surface area (Å²) in [6.07, 6.45) is 0.609. The zero-order valence-electron chi connectivity index (χ0n) is 14.7. The quantitative estimate of drug-likeness (QED) is 0.750. The SMILES string of the molecule is Cc1nn(CC(C)C)c(C)c1S(=O)(=O)NCCc1ccc(N)cc1. The van der Waals surface area contributed by atoms with Crippen molar-refractivity contribution in [3.63, 3.8) is 0 Å². The van der Waals surface area contributed by atoms with Gasteiger partial charge in [-0.1, -0.05) is 26.0 Å². The number of nitrogens with two attached hydrogens (primary N) is 1. The highest BCUT2D eigenvalue weighted by atomic mass is 32.2. The maximum Gasteiger partial charge on any atom is 0.244 e. The van der Waals surface area contributed by atoms with Crippen LogP contribution in [0.15, 0.2) is 29.2 Å². The van der Waals surface area contributed by atoms with Gasteiger partial charge in [0.25, 0.3) is 0 Å². The van der Waals surface area contributed by atoms with Crippen LogP contribution in [0.3, 0.4) is 0 Å². The van der Waals surface area contributed by atoms with E-state index in [-0.39, 0.29) is 0 Å². The van der Waals surface area contributed by atoms with E-state index in [2.05, 4.69) is 23.7 Å². The van der Waals surface area contributed by atoms with Gasteiger partial charge in [0, 0.05) is 18.8 Å². The summed E-state index contributed by atoms with van der Waals surface area (Å²) in [5, 5.41) is 4.38. The van der Waals surface area contributed by atoms with Crippen LogP contribution in [0.4, 0.5) is 5.69 Å². The molecule has 1 aromatic carbocycles. The summed E-state index contributed by atoms with van der Waals surface area (Å²) in [6.45, 7) is 8.73. The van der Waals surface area contributed by atoms with Gasteiger partial charge < -0.3 is 5.73 Å². The van der Waals surface area contributed by atoms with Gasteiger partial charge >= 0.3 is 0 Å². The second-order valence-corrected chi connectivity index (χ2v) is 8.17. The van der Waals surface area contributed by atoms with Crippen molar-refractivity contribution >= 4 is 15.7 Å². The van der Waals surface area contributed by atoms with Crippen molar-refractivity contribution in [1.82, 2.24) is 14.5 Å². The Morgan fingerprint density at radius 1 is 1.21 bits per heavy atom. The Bertz CT molecular complexity index is 793. The molecule has 24 heavy (non-hydrogen) atoms. The molecule has 3 N–H and O–H groups in total. The number of nitrogen functional groups attached to an aromatic ring is 1. The van der Waals surface area contributed by atoms with E-state index >= 15 is 0 Å². The Hall–Kier alpha value is -1.86. The molecule has 0 bridgehead atoms. The summed E-state index contributed by atoms with van der Waals surface area (Å²) in [6, 6.07) is 7.43. The first-order chi connectivity index (χ1) is 11.2. The predicted octanol–water partition coefficient (Wildman–Crippen LogP) is 2.26. The molecule has 0 saturated heterocycles. The monoisotopic (exact) mass is 350 g/mol. The third-order valence-corrected chi connectivity index (χ3v) is 5.52. The van der Waals surface area contributed by atoms with Crippen LogP contribution in [-0.4, -0.2) is 24.7 Å². The molecule has 7 heteroatoms. The molecule has 0 saturated carbocycles. The molecule has 0 amide bonds. The topological polar surface area (TPSA) is 90.0 Å². The second-order valence-electron chi connectivity index (χ2n) is 6.47. The van der Waals surface area contributed by atoms with Crippen LogP contribution in [0.25, 0.3) is 0 Å². The molecule has 0 aliphatic heterocycles. The van der Waals surface area contributed by atoms with Crippen LogP contribution in [0.2, 0.25) is 0 Å². The minimum atomic E-state index is -3.57. The van der Waals surface area contributed by atoms with E-state index in [4.69, 9.17) is 5.73 Å². The van der Waals surface area contributed by atoms with Crippen LogP contribution in [0.1, 0.15) is 30.8 Å². The number of nitrogens with zero attached hydrogens (tertiary/aromatic N) is 2. The lowest BCUT2D eigenvalue weighted by atomic mass is 10.1. The average Bonchev–Trinajstić information content (AvgIpc) is 2.75. The molecule has 0 fully saturated rings. The fourth-order valence-corrected chi connectivity index (χ4v) is 4.12. The molecule has 1 heterocycles. The molecule has 2 aromatic rings. The Morgan fingerprint density at radius 3 is 2.42 bits per heavy atom. The second kappa shape index (κ2) is 7.36. The van der Waals surface area contributed by atoms with E-state index < -0.39 is 10.0 Å². The highest BCUT2D eigenvalue weighted by Gasteiger charge is 2.24. The number of aromatic nitrogens is 2. The number of aryl methyl sites for hydroxylation is 1. The first-order valence-corrected chi connectivity index (χ1v) is 9.57. The van der Waals surface area contributed by atoms with Gasteiger partial charge in [0.2, 0.25) is 10.0 Å². The zero-order valence-corrected chi connectivity index (χ0v) is 15.5. The van der Waals surface area contributed by atoms with Gasteiger partial charge in [-0.2, -0.15) is 5.10 Å². The maximum absolute atomic E-state index is 12.6. The van der Waals surface area contributed by atoms with Crippen molar-refractivity contribution in [3.8, 4) is 0 Å². The summed E-state index contributed by atoms with van der Waals surface area (Å²) in [5.41, 5.74) is 8.60. The largest absolute Gasteiger partial charge is 0.399 e. The third-order valence-electron chi connectivity index (χ3n) is 3.81. The first kappa shape index (κ1) is 18.5. The summed E-state index contributed by atoms with van der Waals surface area (Å²) >= 11 is 0. The average molecular weight is 350 g/mol. The first-order valence-electron chi connectivity index (χ1n) is 8.09. The van der Waals surface area contributed by atoms with Crippen LogP contribution < -0.4 is 10.5 Å². The number of hydrogen-bond acceptors (Lipinski definition) is 4. The smallest absolute Gasteiger partial charge is 0.244 e. The van der Waals surface area contributed by atoms with Gasteiger partial charge in [-0.15, -0.1) is 0 Å². The van der Waals surface area contributed by atoms with Crippen molar-refractivity contribution in [2.24, 2.45) is 5.92 Å². The number of hydrogen-bond donors (Lipinski definition) is 2. The number of sulfonamides is 1. The molecule has 1 aromatic heterocycles. The molecule has 0 aliphatic carbocycles. The Kier molecular flexibility index (Phi) is 5.66. The molecule has 0 spiro atoms. The fraction of sp³-hybridized carbons (Fsp3) is 0.471. The number of nitrogens with one attached hydrogen (secondary N) is 1. The van der Waals surface area contributed by atoms with Gasteiger partial charge in [-0.3, -0.25) is 4.68 Å². The Labute approximate surface area is 144 Å². The van der Waals surface area contributed by atoms with Crippen LogP contribution in [-0.2, 0) is 23.0 Å². The number of rotatable bonds is 7. The Balaban J connectivity index is 2.10. The van der Waals surface area contributed by atoms with Crippen molar-refractivity contribution in [1.29, 1.82) is 0 Å². The minimum absolute atomic E-state index is 0.292. The van der Waals surface area contributed by atoms with E-state index in [0.717, 1.165) is 5.56 Å². The normalized spacial score (nSPS) is 12.0. The zero-order chi connectivity index (χ0) is 17.9. The Morgan fingerprint density at radius 2 is 1.83 bits per heavy atom. The maximum atomic E-state index is 12.6. The van der Waals surface area contributed by atoms with E-state index in [9.17, 15) is 8.42 Å². The standard InChI is InChI=1S/C17H26N4O2S/c1-12(2)11-21-14(4)17(13(3)20-21)24(22,23)19-10-9-15-5-7-16(18)8-6-15/h5-8,12,19H,9-11,18H2,1-4H3. The van der Waals surface area contributed by atoms with Crippen molar-refractivity contribution < 1.29 is 8.42 Å². The highest BCUT2D eigenvalue weighted by Crippen LogP contribution is 2.20. The molecule has 2 rings (SSSR count). The lowest BCUT2D eigenvalue weighted by molar-refractivity contribution is 0.471. The highest BCUT2D eigenvalue weighted by molar-refractivity contribution is 7.89. The lowest BCUT2D eigenvalue weighted by Gasteiger charge is -2.09. The summed E-state index contributed by atoms with van der Waals surface area (Å²) < 4.78 is 29.7. The molecular weight excluding hydrogens is 324 g/mol. The van der Waals surface area contributed by atoms with Crippen molar-refractivity contribution in [2.75, 3.05) is 12.3 Å². The van der Waals surface area contributed by atoms with Crippen LogP contribution >= 0.6 is 0 Å². The van der Waals surface area contributed by atoms with Crippen molar-refractivity contribution in [2.45, 2.75) is 45.6 Å². The summed E-state index contributed by atoms with van der Waals surface area (Å²) in [5.74, 6) is 0.400. The fourth-order valence-electron chi connectivity index (χ4n) is 2.68. The molecule has 132 valence electrons. The molecule has 0 unspecified atom stereocenters. The third kappa shape index (κ3) is 4.36.